The molecule has 0 aliphatic heterocycles. The van der Waals surface area contributed by atoms with E-state index in [-0.39, 0.29) is 12.5 Å². The Balaban J connectivity index is 2.43. The van der Waals surface area contributed by atoms with E-state index in [4.69, 9.17) is 4.42 Å². The minimum absolute atomic E-state index is 0.216. The van der Waals surface area contributed by atoms with Crippen LogP contribution in [0.5, 0.6) is 0 Å². The van der Waals surface area contributed by atoms with Gasteiger partial charge in [-0.25, -0.2) is 0 Å². The monoisotopic (exact) mass is 223 g/mol. The van der Waals surface area contributed by atoms with Gasteiger partial charge in [0.25, 0.3) is 0 Å². The molecule has 1 aromatic heterocycles. The van der Waals surface area contributed by atoms with Gasteiger partial charge in [-0.1, -0.05) is 0 Å². The lowest BCUT2D eigenvalue weighted by atomic mass is 10.1. The van der Waals surface area contributed by atoms with Gasteiger partial charge in [0.1, 0.15) is 11.5 Å². The number of aryl methyl sites for hydroxylation is 1. The van der Waals surface area contributed by atoms with Crippen LogP contribution in [0.3, 0.4) is 0 Å². The van der Waals surface area contributed by atoms with Crippen LogP contribution in [0, 0.1) is 6.92 Å². The van der Waals surface area contributed by atoms with E-state index in [1.807, 2.05) is 13.0 Å². The van der Waals surface area contributed by atoms with Crippen LogP contribution >= 0.6 is 0 Å². The van der Waals surface area contributed by atoms with Crippen LogP contribution in [0.25, 0.3) is 6.08 Å². The number of hydrogen-bond acceptors (Lipinski definition) is 3. The van der Waals surface area contributed by atoms with Gasteiger partial charge in [-0.3, -0.25) is 4.79 Å². The Bertz CT molecular complexity index is 385. The number of rotatable bonds is 4. The number of carbonyl (C=O) groups is 1. The second kappa shape index (κ2) is 4.99. The van der Waals surface area contributed by atoms with Crippen molar-refractivity contribution in [2.45, 2.75) is 26.4 Å². The van der Waals surface area contributed by atoms with Crippen LogP contribution in [-0.4, -0.2) is 23.2 Å². The van der Waals surface area contributed by atoms with E-state index in [1.54, 1.807) is 26.0 Å². The van der Waals surface area contributed by atoms with E-state index < -0.39 is 5.60 Å². The van der Waals surface area contributed by atoms with Gasteiger partial charge in [-0.2, -0.15) is 0 Å². The van der Waals surface area contributed by atoms with Gasteiger partial charge in [-0.05, 0) is 39.0 Å². The summed E-state index contributed by atoms with van der Waals surface area (Å²) in [7, 11) is 0. The fourth-order valence-electron chi connectivity index (χ4n) is 1.06. The average Bonchev–Trinajstić information content (AvgIpc) is 2.57. The Morgan fingerprint density at radius 3 is 2.75 bits per heavy atom. The minimum Gasteiger partial charge on any atom is -0.462 e. The lowest BCUT2D eigenvalue weighted by molar-refractivity contribution is -0.117. The predicted molar refractivity (Wildman–Crippen MR) is 61.8 cm³/mol. The summed E-state index contributed by atoms with van der Waals surface area (Å²) in [6.07, 6.45) is 2.97. The third-order valence-corrected chi connectivity index (χ3v) is 1.86. The third kappa shape index (κ3) is 4.79. The maximum Gasteiger partial charge on any atom is 0.244 e. The van der Waals surface area contributed by atoms with Crippen molar-refractivity contribution in [1.29, 1.82) is 0 Å². The smallest absolute Gasteiger partial charge is 0.244 e. The normalized spacial score (nSPS) is 12.0. The zero-order chi connectivity index (χ0) is 12.2. The first-order valence-corrected chi connectivity index (χ1v) is 5.11. The fraction of sp³-hybridized carbons (Fsp3) is 0.417. The molecule has 4 nitrogen and oxygen atoms in total. The van der Waals surface area contributed by atoms with Crippen molar-refractivity contribution >= 4 is 12.0 Å². The Morgan fingerprint density at radius 2 is 2.25 bits per heavy atom. The molecule has 0 saturated heterocycles. The molecule has 0 fully saturated rings. The van der Waals surface area contributed by atoms with E-state index in [0.717, 1.165) is 5.76 Å². The van der Waals surface area contributed by atoms with Gasteiger partial charge in [0.2, 0.25) is 5.91 Å². The summed E-state index contributed by atoms with van der Waals surface area (Å²) in [6.45, 7) is 5.32. The van der Waals surface area contributed by atoms with E-state index in [0.29, 0.717) is 5.76 Å². The summed E-state index contributed by atoms with van der Waals surface area (Å²) in [5.41, 5.74) is -0.898. The Kier molecular flexibility index (Phi) is 3.90. The molecule has 1 aromatic rings. The lowest BCUT2D eigenvalue weighted by Crippen LogP contribution is -2.37. The van der Waals surface area contributed by atoms with Crippen molar-refractivity contribution < 1.29 is 14.3 Å². The molecule has 2 N–H and O–H groups in total. The highest BCUT2D eigenvalue weighted by atomic mass is 16.3. The van der Waals surface area contributed by atoms with Crippen molar-refractivity contribution in [3.8, 4) is 0 Å². The van der Waals surface area contributed by atoms with Gasteiger partial charge in [-0.15, -0.1) is 0 Å². The zero-order valence-electron chi connectivity index (χ0n) is 9.78. The van der Waals surface area contributed by atoms with Crippen molar-refractivity contribution in [3.05, 3.63) is 29.7 Å². The van der Waals surface area contributed by atoms with E-state index in [2.05, 4.69) is 5.32 Å². The van der Waals surface area contributed by atoms with Crippen LogP contribution in [0.2, 0.25) is 0 Å². The number of aliphatic hydroxyl groups is 1. The van der Waals surface area contributed by atoms with Gasteiger partial charge in [0.05, 0.1) is 5.60 Å². The summed E-state index contributed by atoms with van der Waals surface area (Å²) in [4.78, 5) is 11.3. The molecule has 0 bridgehead atoms. The molecule has 0 aliphatic carbocycles. The van der Waals surface area contributed by atoms with Crippen LogP contribution in [-0.2, 0) is 4.79 Å². The predicted octanol–water partition coefficient (Wildman–Crippen LogP) is 1.49. The van der Waals surface area contributed by atoms with Crippen molar-refractivity contribution in [3.63, 3.8) is 0 Å². The average molecular weight is 223 g/mol. The highest BCUT2D eigenvalue weighted by Gasteiger charge is 2.12. The zero-order valence-corrected chi connectivity index (χ0v) is 9.78. The Hall–Kier alpha value is -1.55. The lowest BCUT2D eigenvalue weighted by Gasteiger charge is -2.16. The molecule has 4 heteroatoms. The maximum atomic E-state index is 11.3. The minimum atomic E-state index is -0.898. The van der Waals surface area contributed by atoms with Crippen LogP contribution in [0.4, 0.5) is 0 Å². The van der Waals surface area contributed by atoms with E-state index in [9.17, 15) is 9.90 Å². The van der Waals surface area contributed by atoms with Gasteiger partial charge in [0.15, 0.2) is 0 Å². The number of amides is 1. The van der Waals surface area contributed by atoms with E-state index in [1.165, 1.54) is 6.08 Å². The second-order valence-corrected chi connectivity index (χ2v) is 4.31. The SMILES string of the molecule is Cc1ccc(C=CC(=O)NCC(C)(C)O)o1. The van der Waals surface area contributed by atoms with Crippen molar-refractivity contribution in [2.24, 2.45) is 0 Å². The van der Waals surface area contributed by atoms with Crippen LogP contribution in [0.15, 0.2) is 22.6 Å². The summed E-state index contributed by atoms with van der Waals surface area (Å²) < 4.78 is 5.26. The molecular formula is C12H17NO3. The highest BCUT2D eigenvalue weighted by molar-refractivity contribution is 5.91. The third-order valence-electron chi connectivity index (χ3n) is 1.86. The van der Waals surface area contributed by atoms with Gasteiger partial charge >= 0.3 is 0 Å². The molecule has 1 amide bonds. The van der Waals surface area contributed by atoms with Gasteiger partial charge < -0.3 is 14.8 Å². The molecule has 0 spiro atoms. The molecule has 0 aliphatic rings. The Morgan fingerprint density at radius 1 is 1.56 bits per heavy atom. The quantitative estimate of drug-likeness (QED) is 0.760. The molecule has 0 saturated carbocycles. The number of carbonyl (C=O) groups excluding carboxylic acids is 1. The molecule has 0 aromatic carbocycles. The van der Waals surface area contributed by atoms with Crippen molar-refractivity contribution in [1.82, 2.24) is 5.32 Å². The van der Waals surface area contributed by atoms with Crippen LogP contribution in [0.1, 0.15) is 25.4 Å². The summed E-state index contributed by atoms with van der Waals surface area (Å²) in [6, 6.07) is 3.61. The first-order valence-electron chi connectivity index (χ1n) is 5.11. The molecule has 88 valence electrons. The standard InChI is InChI=1S/C12H17NO3/c1-9-4-5-10(16-9)6-7-11(14)13-8-12(2,3)15/h4-7,15H,8H2,1-3H3,(H,13,14). The Labute approximate surface area is 95.0 Å². The second-order valence-electron chi connectivity index (χ2n) is 4.31. The fourth-order valence-corrected chi connectivity index (χ4v) is 1.06. The molecule has 1 heterocycles. The molecule has 0 radical (unpaired) electrons. The summed E-state index contributed by atoms with van der Waals surface area (Å²) in [5.74, 6) is 1.18. The molecule has 1 rings (SSSR count). The topological polar surface area (TPSA) is 62.5 Å². The number of hydrogen-bond donors (Lipinski definition) is 2. The number of nitrogens with one attached hydrogen (secondary N) is 1. The molecule has 16 heavy (non-hydrogen) atoms. The largest absolute Gasteiger partial charge is 0.462 e. The van der Waals surface area contributed by atoms with Crippen molar-refractivity contribution in [2.75, 3.05) is 6.54 Å². The van der Waals surface area contributed by atoms with Gasteiger partial charge in [0, 0.05) is 12.6 Å². The first-order chi connectivity index (χ1) is 7.37. The maximum absolute atomic E-state index is 11.3. The number of furan rings is 1. The van der Waals surface area contributed by atoms with E-state index >= 15 is 0 Å². The molecule has 0 atom stereocenters. The first kappa shape index (κ1) is 12.5. The highest BCUT2D eigenvalue weighted by Crippen LogP contribution is 2.07. The van der Waals surface area contributed by atoms with Crippen LogP contribution < -0.4 is 5.32 Å². The summed E-state index contributed by atoms with van der Waals surface area (Å²) >= 11 is 0. The summed E-state index contributed by atoms with van der Waals surface area (Å²) in [5, 5.41) is 12.0. The molecular weight excluding hydrogens is 206 g/mol. The molecule has 0 unspecified atom stereocenters.